The van der Waals surface area contributed by atoms with Gasteiger partial charge in [-0.2, -0.15) is 0 Å². The molecule has 148 valence electrons. The fraction of sp³-hybridized carbons (Fsp3) is 0.300. The summed E-state index contributed by atoms with van der Waals surface area (Å²) in [5.74, 6) is 0.0481. The average molecular weight is 458 g/mol. The van der Waals surface area contributed by atoms with E-state index in [4.69, 9.17) is 23.2 Å². The number of methoxy groups -OCH3 is 2. The Labute approximate surface area is 186 Å². The molecule has 7 nitrogen and oxygen atoms in total. The van der Waals surface area contributed by atoms with Crippen molar-refractivity contribution in [3.8, 4) is 11.5 Å². The number of hydrogen-bond acceptors (Lipinski definition) is 7. The summed E-state index contributed by atoms with van der Waals surface area (Å²) in [6, 6.07) is 9.97. The Morgan fingerprint density at radius 3 is 2.50 bits per heavy atom. The van der Waals surface area contributed by atoms with Crippen LogP contribution in [-0.4, -0.2) is 50.4 Å². The van der Waals surface area contributed by atoms with E-state index >= 15 is 0 Å². The Hall–Kier alpha value is -2.42. The van der Waals surface area contributed by atoms with Gasteiger partial charge in [-0.05, 0) is 24.3 Å². The van der Waals surface area contributed by atoms with Gasteiger partial charge in [-0.25, -0.2) is 9.97 Å². The summed E-state index contributed by atoms with van der Waals surface area (Å²) in [4.78, 5) is 8.42. The Morgan fingerprint density at radius 1 is 1.04 bits per heavy atom. The quantitative estimate of drug-likeness (QED) is 0.489. The molecule has 0 saturated heterocycles. The van der Waals surface area contributed by atoms with E-state index in [1.807, 2.05) is 6.07 Å². The molecule has 1 N–H and O–H groups in total. The van der Waals surface area contributed by atoms with Gasteiger partial charge >= 0.3 is 0 Å². The highest BCUT2D eigenvalue weighted by atomic mass is 79.9. The number of rotatable bonds is 10. The molecule has 0 aliphatic carbocycles. The molecule has 0 spiro atoms. The minimum atomic E-state index is -3.03. The number of anilines is 2. The van der Waals surface area contributed by atoms with Crippen LogP contribution >= 0.6 is 15.9 Å². The van der Waals surface area contributed by atoms with Crippen molar-refractivity contribution in [1.29, 1.82) is 0 Å². The summed E-state index contributed by atoms with van der Waals surface area (Å²) in [5, 5.41) is 3.52. The van der Waals surface area contributed by atoms with Gasteiger partial charge in [0.2, 0.25) is 0 Å². The second-order valence-electron chi connectivity index (χ2n) is 5.24. The van der Waals surface area contributed by atoms with Crippen LogP contribution in [0.2, 0.25) is 0 Å². The second kappa shape index (κ2) is 10.2. The highest BCUT2D eigenvalue weighted by Gasteiger charge is 2.13. The van der Waals surface area contributed by atoms with Gasteiger partial charge in [0.05, 0.1) is 32.3 Å². The largest absolute Gasteiger partial charge is 0.487 e. The third-order valence-electron chi connectivity index (χ3n) is 3.51. The lowest BCUT2D eigenvalue weighted by molar-refractivity contribution is 0.132. The Morgan fingerprint density at radius 2 is 1.79 bits per heavy atom. The highest BCUT2D eigenvalue weighted by Crippen LogP contribution is 2.35. The number of aromatic nitrogens is 2. The monoisotopic (exact) mass is 457 g/mol. The van der Waals surface area contributed by atoms with Crippen LogP contribution in [-0.2, 0) is 9.47 Å². The summed E-state index contributed by atoms with van der Waals surface area (Å²) < 4.78 is 94.6. The van der Waals surface area contributed by atoms with Crippen LogP contribution in [0, 0.1) is 0 Å². The maximum absolute atomic E-state index is 7.81. The van der Waals surface area contributed by atoms with Crippen molar-refractivity contribution >= 4 is 38.3 Å². The number of halogens is 1. The molecule has 0 fully saturated rings. The SMILES string of the molecule is [2H]C([2H])([2H])OC([2H])([2H])COc1cc2ncnc(Nc3cccc(Br)c3)c2cc1OCC([2H])([2H])OC([2H])([2H])[2H]. The van der Waals surface area contributed by atoms with Gasteiger partial charge in [0, 0.05) is 35.7 Å². The van der Waals surface area contributed by atoms with E-state index in [0.29, 0.717) is 22.4 Å². The molecule has 0 aliphatic rings. The van der Waals surface area contributed by atoms with Crippen LogP contribution in [0.4, 0.5) is 11.5 Å². The Balaban J connectivity index is 1.97. The highest BCUT2D eigenvalue weighted by molar-refractivity contribution is 9.10. The minimum absolute atomic E-state index is 0.146. The number of nitrogens with zero attached hydrogens (tertiary/aromatic N) is 2. The normalized spacial score (nSPS) is 18.0. The maximum atomic E-state index is 7.81. The van der Waals surface area contributed by atoms with Gasteiger partial charge in [0.25, 0.3) is 0 Å². The third-order valence-corrected chi connectivity index (χ3v) is 4.00. The van der Waals surface area contributed by atoms with E-state index in [9.17, 15) is 0 Å². The number of fused-ring (bicyclic) bond motifs is 1. The van der Waals surface area contributed by atoms with Gasteiger partial charge in [0.1, 0.15) is 25.4 Å². The molecule has 0 aliphatic heterocycles. The van der Waals surface area contributed by atoms with Crippen molar-refractivity contribution in [2.24, 2.45) is 0 Å². The first-order chi connectivity index (χ1) is 17.4. The molecule has 0 saturated carbocycles. The first kappa shape index (κ1) is 10.9. The lowest BCUT2D eigenvalue weighted by Gasteiger charge is -2.15. The van der Waals surface area contributed by atoms with E-state index in [1.165, 1.54) is 18.5 Å². The molecule has 0 radical (unpaired) electrons. The van der Waals surface area contributed by atoms with Crippen LogP contribution in [0.1, 0.15) is 13.7 Å². The lowest BCUT2D eigenvalue weighted by atomic mass is 10.2. The molecule has 1 heterocycles. The summed E-state index contributed by atoms with van der Waals surface area (Å²) >= 11 is 3.38. The van der Waals surface area contributed by atoms with Crippen LogP contribution in [0.25, 0.3) is 10.9 Å². The zero-order chi connectivity index (χ0) is 28.4. The first-order valence-electron chi connectivity index (χ1n) is 12.9. The molecule has 0 amide bonds. The molecule has 28 heavy (non-hydrogen) atoms. The smallest absolute Gasteiger partial charge is 0.163 e. The van der Waals surface area contributed by atoms with Crippen molar-refractivity contribution in [3.05, 3.63) is 47.2 Å². The van der Waals surface area contributed by atoms with E-state index in [-0.39, 0.29) is 11.5 Å². The number of benzene rings is 2. The Kier molecular flexibility index (Phi) is 3.99. The van der Waals surface area contributed by atoms with Crippen LogP contribution in [0.5, 0.6) is 11.5 Å². The molecular formula is C20H22BrN3O4. The van der Waals surface area contributed by atoms with Gasteiger partial charge in [-0.1, -0.05) is 22.0 Å². The third kappa shape index (κ3) is 5.31. The van der Waals surface area contributed by atoms with Crippen molar-refractivity contribution in [3.63, 3.8) is 0 Å². The summed E-state index contributed by atoms with van der Waals surface area (Å²) in [6.45, 7) is -7.22. The van der Waals surface area contributed by atoms with E-state index < -0.39 is 40.4 Å². The molecule has 1 aromatic heterocycles. The predicted molar refractivity (Wildman–Crippen MR) is 112 cm³/mol. The van der Waals surface area contributed by atoms with Crippen molar-refractivity contribution in [2.45, 2.75) is 0 Å². The van der Waals surface area contributed by atoms with Crippen molar-refractivity contribution < 1.29 is 32.7 Å². The van der Waals surface area contributed by atoms with Gasteiger partial charge in [-0.15, -0.1) is 0 Å². The average Bonchev–Trinajstić information content (AvgIpc) is 2.73. The first-order valence-corrected chi connectivity index (χ1v) is 8.68. The lowest BCUT2D eigenvalue weighted by Crippen LogP contribution is -2.09. The molecular weight excluding hydrogens is 426 g/mol. The topological polar surface area (TPSA) is 74.7 Å². The number of ether oxygens (including phenoxy) is 4. The van der Waals surface area contributed by atoms with Gasteiger partial charge in [-0.3, -0.25) is 0 Å². The summed E-state index contributed by atoms with van der Waals surface area (Å²) in [6.07, 6.45) is 1.27. The van der Waals surface area contributed by atoms with Gasteiger partial charge in [0.15, 0.2) is 11.5 Å². The van der Waals surface area contributed by atoms with E-state index in [2.05, 4.69) is 40.7 Å². The second-order valence-corrected chi connectivity index (χ2v) is 6.16. The minimum Gasteiger partial charge on any atom is -0.487 e. The number of nitrogens with one attached hydrogen (secondary N) is 1. The zero-order valence-electron chi connectivity index (χ0n) is 24.4. The fourth-order valence-corrected chi connectivity index (χ4v) is 2.76. The van der Waals surface area contributed by atoms with E-state index in [1.54, 1.807) is 18.2 Å². The predicted octanol–water partition coefficient (Wildman–Crippen LogP) is 4.19. The van der Waals surface area contributed by atoms with Crippen LogP contribution < -0.4 is 14.8 Å². The van der Waals surface area contributed by atoms with E-state index in [0.717, 1.165) is 4.47 Å². The number of hydrogen-bond donors (Lipinski definition) is 1. The standard InChI is InChI=1S/C20H22BrN3O4/c1-25-6-8-27-18-11-16-17(12-19(18)28-9-7-26-2)22-13-23-20(16)24-15-5-3-4-14(21)10-15/h3-5,10-13H,6-9H2,1-2H3,(H,22,23,24)/i1D3,2D3,6D2,7D2. The molecule has 0 atom stereocenters. The maximum Gasteiger partial charge on any atom is 0.163 e. The molecule has 3 aromatic rings. The fourth-order valence-electron chi connectivity index (χ4n) is 2.37. The summed E-state index contributed by atoms with van der Waals surface area (Å²) in [7, 11) is -6.06. The van der Waals surface area contributed by atoms with Crippen molar-refractivity contribution in [2.75, 3.05) is 45.7 Å². The van der Waals surface area contributed by atoms with Crippen LogP contribution in [0.3, 0.4) is 0 Å². The molecule has 2 aromatic carbocycles. The summed E-state index contributed by atoms with van der Waals surface area (Å²) in [5.41, 5.74) is 0.999. The molecule has 0 bridgehead atoms. The van der Waals surface area contributed by atoms with Crippen molar-refractivity contribution in [1.82, 2.24) is 9.97 Å². The molecule has 8 heteroatoms. The van der Waals surface area contributed by atoms with Crippen LogP contribution in [0.15, 0.2) is 47.2 Å². The Bertz CT molecular complexity index is 1270. The molecule has 3 rings (SSSR count). The molecule has 0 unspecified atom stereocenters. The van der Waals surface area contributed by atoms with Gasteiger partial charge < -0.3 is 24.3 Å². The zero-order valence-corrected chi connectivity index (χ0v) is 15.9.